The number of aromatic nitrogens is 2. The second-order valence-corrected chi connectivity index (χ2v) is 6.29. The Kier molecular flexibility index (Phi) is 5.21. The van der Waals surface area contributed by atoms with Crippen LogP contribution in [0.1, 0.15) is 27.2 Å². The zero-order valence-electron chi connectivity index (χ0n) is 15.1. The monoisotopic (exact) mass is 355 g/mol. The van der Waals surface area contributed by atoms with Crippen LogP contribution in [0.5, 0.6) is 5.75 Å². The number of benzene rings is 2. The molecule has 136 valence electrons. The molecule has 0 aliphatic heterocycles. The molecule has 0 aliphatic rings. The number of hydrogen-bond acceptors (Lipinski definition) is 3. The normalized spacial score (nSPS) is 13.4. The van der Waals surface area contributed by atoms with Gasteiger partial charge in [-0.15, -0.1) is 0 Å². The van der Waals surface area contributed by atoms with Crippen molar-refractivity contribution in [2.24, 2.45) is 0 Å². The van der Waals surface area contributed by atoms with Gasteiger partial charge in [0, 0.05) is 11.8 Å². The molecule has 2 atom stereocenters. The maximum absolute atomic E-state index is 13.1. The largest absolute Gasteiger partial charge is 0.489 e. The Bertz CT molecular complexity index is 905. The number of hydrogen-bond donors (Lipinski definition) is 1. The van der Waals surface area contributed by atoms with E-state index < -0.39 is 0 Å². The molecule has 0 saturated carbocycles. The van der Waals surface area contributed by atoms with Gasteiger partial charge in [0.25, 0.3) is 0 Å². The Balaban J connectivity index is 1.78. The molecule has 1 heterocycles. The van der Waals surface area contributed by atoms with Crippen molar-refractivity contribution < 1.29 is 13.9 Å². The zero-order valence-corrected chi connectivity index (χ0v) is 15.1. The molecule has 0 aliphatic carbocycles. The lowest BCUT2D eigenvalue weighted by Crippen LogP contribution is -2.42. The molecule has 1 aromatic heterocycles. The average Bonchev–Trinajstić information content (AvgIpc) is 3.05. The highest BCUT2D eigenvalue weighted by molar-refractivity contribution is 5.81. The van der Waals surface area contributed by atoms with E-state index in [2.05, 4.69) is 10.4 Å². The summed E-state index contributed by atoms with van der Waals surface area (Å²) in [6.07, 6.45) is 2.03. The third-order valence-corrected chi connectivity index (χ3v) is 4.35. The first kappa shape index (κ1) is 17.9. The fraction of sp³-hybridized carbons (Fsp3) is 0.300. The minimum Gasteiger partial charge on any atom is -0.489 e. The van der Waals surface area contributed by atoms with Crippen molar-refractivity contribution >= 4 is 16.8 Å². The van der Waals surface area contributed by atoms with Crippen LogP contribution in [-0.2, 0) is 4.79 Å². The molecule has 1 N–H and O–H groups in total. The van der Waals surface area contributed by atoms with Gasteiger partial charge in [0.05, 0.1) is 23.4 Å². The number of carbonyl (C=O) groups is 1. The summed E-state index contributed by atoms with van der Waals surface area (Å²) in [4.78, 5) is 11.5. The highest BCUT2D eigenvalue weighted by Crippen LogP contribution is 2.24. The molecule has 0 saturated heterocycles. The summed E-state index contributed by atoms with van der Waals surface area (Å²) < 4.78 is 20.8. The maximum atomic E-state index is 13.1. The Morgan fingerprint density at radius 2 is 1.96 bits per heavy atom. The second kappa shape index (κ2) is 7.56. The van der Waals surface area contributed by atoms with E-state index in [-0.39, 0.29) is 23.9 Å². The summed E-state index contributed by atoms with van der Waals surface area (Å²) in [6, 6.07) is 11.8. The molecule has 0 bridgehead atoms. The Hall–Kier alpha value is -2.89. The maximum Gasteiger partial charge on any atom is 0.220 e. The topological polar surface area (TPSA) is 56.1 Å². The number of rotatable bonds is 6. The fourth-order valence-electron chi connectivity index (χ4n) is 2.66. The number of carbonyl (C=O) groups excluding carboxylic acids is 1. The van der Waals surface area contributed by atoms with Crippen LogP contribution in [0, 0.1) is 5.82 Å². The average molecular weight is 355 g/mol. The number of amides is 1. The molecule has 26 heavy (non-hydrogen) atoms. The van der Waals surface area contributed by atoms with Crippen molar-refractivity contribution in [3.8, 4) is 11.4 Å². The van der Waals surface area contributed by atoms with Gasteiger partial charge in [-0.3, -0.25) is 4.79 Å². The van der Waals surface area contributed by atoms with E-state index in [9.17, 15) is 9.18 Å². The lowest BCUT2D eigenvalue weighted by molar-refractivity contribution is -0.121. The Morgan fingerprint density at radius 3 is 2.65 bits per heavy atom. The van der Waals surface area contributed by atoms with Crippen LogP contribution in [-0.4, -0.2) is 27.8 Å². The van der Waals surface area contributed by atoms with Crippen molar-refractivity contribution in [2.75, 3.05) is 0 Å². The standard InChI is InChI=1S/C20H22FN3O2/c1-4-20(25)23-13(2)14(3)26-18-9-10-19-15(11-18)12-22-24(19)17-7-5-16(21)6-8-17/h5-14H,4H2,1-3H3,(H,23,25)/t13-,14+/m0/s1. The molecule has 3 rings (SSSR count). The summed E-state index contributed by atoms with van der Waals surface area (Å²) in [7, 11) is 0. The predicted molar refractivity (Wildman–Crippen MR) is 99.0 cm³/mol. The van der Waals surface area contributed by atoms with Crippen molar-refractivity contribution in [1.82, 2.24) is 15.1 Å². The molecule has 0 radical (unpaired) electrons. The van der Waals surface area contributed by atoms with Gasteiger partial charge in [0.15, 0.2) is 0 Å². The van der Waals surface area contributed by atoms with Crippen LogP contribution in [0.2, 0.25) is 0 Å². The number of nitrogens with zero attached hydrogens (tertiary/aromatic N) is 2. The van der Waals surface area contributed by atoms with Crippen LogP contribution in [0.25, 0.3) is 16.6 Å². The molecule has 2 aromatic carbocycles. The first-order valence-corrected chi connectivity index (χ1v) is 8.67. The molecule has 0 spiro atoms. The summed E-state index contributed by atoms with van der Waals surface area (Å²) in [5.41, 5.74) is 1.70. The van der Waals surface area contributed by atoms with Gasteiger partial charge in [-0.2, -0.15) is 5.10 Å². The third kappa shape index (κ3) is 3.85. The van der Waals surface area contributed by atoms with Crippen molar-refractivity contribution in [2.45, 2.75) is 39.3 Å². The summed E-state index contributed by atoms with van der Waals surface area (Å²) in [5.74, 6) is 0.435. The quantitative estimate of drug-likeness (QED) is 0.731. The van der Waals surface area contributed by atoms with Crippen LogP contribution in [0.15, 0.2) is 48.7 Å². The predicted octanol–water partition coefficient (Wildman–Crippen LogP) is 3.85. The first-order valence-electron chi connectivity index (χ1n) is 8.67. The molecule has 0 unspecified atom stereocenters. The number of nitrogens with one attached hydrogen (secondary N) is 1. The number of halogens is 1. The molecule has 1 amide bonds. The minimum absolute atomic E-state index is 0.00368. The second-order valence-electron chi connectivity index (χ2n) is 6.29. The van der Waals surface area contributed by atoms with Gasteiger partial charge in [-0.05, 0) is 56.3 Å². The van der Waals surface area contributed by atoms with Gasteiger partial charge in [-0.1, -0.05) is 6.92 Å². The van der Waals surface area contributed by atoms with E-state index in [0.29, 0.717) is 12.2 Å². The van der Waals surface area contributed by atoms with E-state index in [4.69, 9.17) is 4.74 Å². The van der Waals surface area contributed by atoms with E-state index in [1.165, 1.54) is 12.1 Å². The van der Waals surface area contributed by atoms with Crippen molar-refractivity contribution in [3.63, 3.8) is 0 Å². The summed E-state index contributed by atoms with van der Waals surface area (Å²) in [5, 5.41) is 8.21. The molecule has 6 heteroatoms. The van der Waals surface area contributed by atoms with E-state index >= 15 is 0 Å². The zero-order chi connectivity index (χ0) is 18.7. The van der Waals surface area contributed by atoms with E-state index in [1.54, 1.807) is 23.0 Å². The smallest absolute Gasteiger partial charge is 0.220 e. The van der Waals surface area contributed by atoms with Crippen molar-refractivity contribution in [3.05, 3.63) is 54.5 Å². The lowest BCUT2D eigenvalue weighted by atomic mass is 10.2. The Morgan fingerprint density at radius 1 is 1.23 bits per heavy atom. The highest BCUT2D eigenvalue weighted by Gasteiger charge is 2.16. The molecule has 3 aromatic rings. The third-order valence-electron chi connectivity index (χ3n) is 4.35. The van der Waals surface area contributed by atoms with Crippen molar-refractivity contribution in [1.29, 1.82) is 0 Å². The van der Waals surface area contributed by atoms with Crippen LogP contribution in [0.4, 0.5) is 4.39 Å². The van der Waals surface area contributed by atoms with E-state index in [0.717, 1.165) is 16.6 Å². The number of ether oxygens (including phenoxy) is 1. The van der Waals surface area contributed by atoms with Crippen LogP contribution >= 0.6 is 0 Å². The van der Waals surface area contributed by atoms with E-state index in [1.807, 2.05) is 39.0 Å². The van der Waals surface area contributed by atoms with Gasteiger partial charge >= 0.3 is 0 Å². The highest BCUT2D eigenvalue weighted by atomic mass is 19.1. The van der Waals surface area contributed by atoms with Gasteiger partial charge < -0.3 is 10.1 Å². The van der Waals surface area contributed by atoms with Crippen LogP contribution < -0.4 is 10.1 Å². The van der Waals surface area contributed by atoms with Gasteiger partial charge in [0.1, 0.15) is 17.7 Å². The number of fused-ring (bicyclic) bond motifs is 1. The first-order chi connectivity index (χ1) is 12.5. The van der Waals surface area contributed by atoms with Crippen LogP contribution in [0.3, 0.4) is 0 Å². The fourth-order valence-corrected chi connectivity index (χ4v) is 2.66. The summed E-state index contributed by atoms with van der Waals surface area (Å²) in [6.45, 7) is 5.66. The molecule has 0 fully saturated rings. The SMILES string of the molecule is CCC(=O)N[C@@H](C)[C@@H](C)Oc1ccc2c(cnn2-c2ccc(F)cc2)c1. The molecular formula is C20H22FN3O2. The Labute approximate surface area is 151 Å². The lowest BCUT2D eigenvalue weighted by Gasteiger charge is -2.22. The summed E-state index contributed by atoms with van der Waals surface area (Å²) >= 11 is 0. The van der Waals surface area contributed by atoms with Gasteiger partial charge in [0.2, 0.25) is 5.91 Å². The minimum atomic E-state index is -0.279. The molecule has 5 nitrogen and oxygen atoms in total. The molecular weight excluding hydrogens is 333 g/mol. The van der Waals surface area contributed by atoms with Gasteiger partial charge in [-0.25, -0.2) is 9.07 Å².